The van der Waals surface area contributed by atoms with Gasteiger partial charge in [-0.3, -0.25) is 20.0 Å². The second kappa shape index (κ2) is 24.2. The van der Waals surface area contributed by atoms with Gasteiger partial charge in [-0.15, -0.1) is 0 Å². The van der Waals surface area contributed by atoms with E-state index in [0.717, 1.165) is 40.1 Å². The molecule has 2 rings (SSSR count). The lowest BCUT2D eigenvalue weighted by atomic mass is 10.0. The lowest BCUT2D eigenvalue weighted by molar-refractivity contribution is 0.851. The predicted molar refractivity (Wildman–Crippen MR) is 220 cm³/mol. The molecule has 4 nitrogen and oxygen atoms in total. The summed E-state index contributed by atoms with van der Waals surface area (Å²) in [6, 6.07) is 16.6. The Kier molecular flexibility index (Phi) is 19.9. The van der Waals surface area contributed by atoms with Crippen molar-refractivity contribution in [2.45, 2.75) is 73.6 Å². The molecule has 0 spiro atoms. The highest BCUT2D eigenvalue weighted by molar-refractivity contribution is 5.82. The molecule has 0 unspecified atom stereocenters. The van der Waals surface area contributed by atoms with Gasteiger partial charge < -0.3 is 0 Å². The molecule has 2 aromatic rings. The van der Waals surface area contributed by atoms with Gasteiger partial charge in [-0.2, -0.15) is 0 Å². The van der Waals surface area contributed by atoms with Gasteiger partial charge in [0.25, 0.3) is 0 Å². The second-order valence-electron chi connectivity index (χ2n) is 11.9. The third-order valence-electron chi connectivity index (χ3n) is 7.40. The monoisotopic (exact) mass is 652 g/mol. The van der Waals surface area contributed by atoms with E-state index < -0.39 is 0 Å². The van der Waals surface area contributed by atoms with E-state index in [-0.39, 0.29) is 0 Å². The van der Waals surface area contributed by atoms with Crippen LogP contribution < -0.4 is 0 Å². The Labute approximate surface area is 297 Å². The van der Waals surface area contributed by atoms with E-state index in [0.29, 0.717) is 24.9 Å². The number of hydrogen-bond acceptors (Lipinski definition) is 4. The molecule has 0 bridgehead atoms. The van der Waals surface area contributed by atoms with Crippen molar-refractivity contribution in [3.8, 4) is 0 Å². The first-order valence-corrected chi connectivity index (χ1v) is 17.4. The van der Waals surface area contributed by atoms with Crippen LogP contribution in [0, 0.1) is 0 Å². The van der Waals surface area contributed by atoms with Gasteiger partial charge in [0.2, 0.25) is 0 Å². The normalized spacial score (nSPS) is 14.6. The first kappa shape index (κ1) is 40.2. The molecule has 0 N–H and O–H groups in total. The molecule has 256 valence electrons. The number of rotatable bonds is 18. The molecule has 0 aromatic heterocycles. The smallest absolute Gasteiger partial charge is 0.0664 e. The standard InChI is InChI=1S/C45H56N4/c1-9-18-38(40(20-11-3)28-34-48-44-24-15-13-22-42(44)36(5)6)26-32-46-30-17-31-47-33-27-39(19-10-2)41(21-12-4)29-35-49-45-25-16-14-23-43(45)37(7)8/h9-16,18-29,32-37H,17,30-31H2,1-8H3/b18-9-,19-10-,20-11-,21-12-,38-26+,39-27+,40-28-,41-29+,46-32+,47-33+,48-34+,49-35+. The van der Waals surface area contributed by atoms with Crippen LogP contribution in [-0.4, -0.2) is 37.9 Å². The molecular formula is C45H56N4. The summed E-state index contributed by atoms with van der Waals surface area (Å²) >= 11 is 0. The van der Waals surface area contributed by atoms with Gasteiger partial charge in [0, 0.05) is 37.9 Å². The Hall–Kier alpha value is -4.96. The molecule has 0 aliphatic heterocycles. The molecule has 0 aliphatic rings. The van der Waals surface area contributed by atoms with Crippen LogP contribution in [0.2, 0.25) is 0 Å². The molecule has 2 aromatic carbocycles. The number of aliphatic imine (C=N–C) groups is 4. The van der Waals surface area contributed by atoms with Gasteiger partial charge in [-0.05, 0) is 116 Å². The number of nitrogens with zero attached hydrogens (tertiary/aromatic N) is 4. The van der Waals surface area contributed by atoms with Crippen LogP contribution in [0.3, 0.4) is 0 Å². The van der Waals surface area contributed by atoms with E-state index in [1.54, 1.807) is 0 Å². The predicted octanol–water partition coefficient (Wildman–Crippen LogP) is 12.6. The summed E-state index contributed by atoms with van der Waals surface area (Å²) in [5.74, 6) is 0.838. The topological polar surface area (TPSA) is 49.4 Å². The van der Waals surface area contributed by atoms with Crippen molar-refractivity contribution >= 4 is 36.2 Å². The molecule has 0 heterocycles. The van der Waals surface area contributed by atoms with E-state index in [2.05, 4.69) is 123 Å². The molecule has 0 aliphatic carbocycles. The van der Waals surface area contributed by atoms with Crippen molar-refractivity contribution in [1.82, 2.24) is 0 Å². The largest absolute Gasteiger partial charge is 0.293 e. The Morgan fingerprint density at radius 3 is 1.14 bits per heavy atom. The lowest BCUT2D eigenvalue weighted by Crippen LogP contribution is -1.90. The lowest BCUT2D eigenvalue weighted by Gasteiger charge is -2.08. The molecular weight excluding hydrogens is 597 g/mol. The Morgan fingerprint density at radius 2 is 0.816 bits per heavy atom. The van der Waals surface area contributed by atoms with Crippen molar-refractivity contribution in [1.29, 1.82) is 0 Å². The minimum absolute atomic E-state index is 0.419. The zero-order valence-electron chi connectivity index (χ0n) is 30.9. The summed E-state index contributed by atoms with van der Waals surface area (Å²) in [5, 5.41) is 0. The highest BCUT2D eigenvalue weighted by Gasteiger charge is 2.05. The average Bonchev–Trinajstić information content (AvgIpc) is 3.09. The van der Waals surface area contributed by atoms with Crippen LogP contribution in [0.4, 0.5) is 11.4 Å². The first-order chi connectivity index (χ1) is 23.9. The summed E-state index contributed by atoms with van der Waals surface area (Å²) in [7, 11) is 0. The fraction of sp³-hybridized carbons (Fsp3) is 0.289. The summed E-state index contributed by atoms with van der Waals surface area (Å²) in [6.45, 7) is 18.3. The maximum atomic E-state index is 4.76. The molecule has 49 heavy (non-hydrogen) atoms. The van der Waals surface area contributed by atoms with Crippen molar-refractivity contribution < 1.29 is 0 Å². The molecule has 0 radical (unpaired) electrons. The zero-order chi connectivity index (χ0) is 35.7. The van der Waals surface area contributed by atoms with Crippen molar-refractivity contribution in [3.63, 3.8) is 0 Å². The number of para-hydroxylation sites is 2. The molecule has 0 amide bonds. The van der Waals surface area contributed by atoms with Crippen molar-refractivity contribution in [2.24, 2.45) is 20.0 Å². The molecule has 0 saturated heterocycles. The van der Waals surface area contributed by atoms with Gasteiger partial charge in [0.1, 0.15) is 0 Å². The highest BCUT2D eigenvalue weighted by Crippen LogP contribution is 2.27. The fourth-order valence-corrected chi connectivity index (χ4v) is 4.96. The Balaban J connectivity index is 2.07. The van der Waals surface area contributed by atoms with E-state index >= 15 is 0 Å². The molecule has 0 saturated carbocycles. The number of hydrogen-bond donors (Lipinski definition) is 0. The van der Waals surface area contributed by atoms with Crippen LogP contribution in [0.15, 0.2) is 164 Å². The number of benzene rings is 2. The molecule has 0 atom stereocenters. The van der Waals surface area contributed by atoms with Gasteiger partial charge in [0.15, 0.2) is 0 Å². The fourth-order valence-electron chi connectivity index (χ4n) is 4.96. The SMILES string of the molecule is C\C=C/C(=C/C=N/c1ccccc1C(C)C)C(/C=C\C)=C/C=N/CCC/N=C/C=C(\C=C/C)C(/C=C\C)=C/C=N/c1ccccc1C(C)C. The van der Waals surface area contributed by atoms with Crippen LogP contribution >= 0.6 is 0 Å². The van der Waals surface area contributed by atoms with E-state index in [4.69, 9.17) is 9.98 Å². The third-order valence-corrected chi connectivity index (χ3v) is 7.40. The van der Waals surface area contributed by atoms with Crippen molar-refractivity contribution in [2.75, 3.05) is 13.1 Å². The summed E-state index contributed by atoms with van der Waals surface area (Å²) in [4.78, 5) is 18.8. The van der Waals surface area contributed by atoms with Crippen LogP contribution in [-0.2, 0) is 0 Å². The zero-order valence-corrected chi connectivity index (χ0v) is 30.9. The van der Waals surface area contributed by atoms with Crippen LogP contribution in [0.1, 0.15) is 84.8 Å². The second-order valence-corrected chi connectivity index (χ2v) is 11.9. The Morgan fingerprint density at radius 1 is 0.490 bits per heavy atom. The number of allylic oxidation sites excluding steroid dienone is 16. The third kappa shape index (κ3) is 15.2. The van der Waals surface area contributed by atoms with E-state index in [1.165, 1.54) is 11.1 Å². The van der Waals surface area contributed by atoms with Gasteiger partial charge in [0.05, 0.1) is 11.4 Å². The van der Waals surface area contributed by atoms with E-state index in [1.807, 2.05) is 89.0 Å². The summed E-state index contributed by atoms with van der Waals surface area (Å²) in [6.07, 6.45) is 33.2. The first-order valence-electron chi connectivity index (χ1n) is 17.4. The van der Waals surface area contributed by atoms with Gasteiger partial charge in [-0.1, -0.05) is 113 Å². The Bertz CT molecular complexity index is 1540. The van der Waals surface area contributed by atoms with Gasteiger partial charge in [-0.25, -0.2) is 0 Å². The quantitative estimate of drug-likeness (QED) is 0.0874. The van der Waals surface area contributed by atoms with Crippen LogP contribution in [0.25, 0.3) is 0 Å². The maximum Gasteiger partial charge on any atom is 0.0664 e. The average molecular weight is 653 g/mol. The summed E-state index contributed by atoms with van der Waals surface area (Å²) < 4.78 is 0. The highest BCUT2D eigenvalue weighted by atomic mass is 14.7. The minimum Gasteiger partial charge on any atom is -0.293 e. The minimum atomic E-state index is 0.419. The molecule has 4 heteroatoms. The molecule has 0 fully saturated rings. The summed E-state index contributed by atoms with van der Waals surface area (Å²) in [5.41, 5.74) is 8.80. The van der Waals surface area contributed by atoms with E-state index in [9.17, 15) is 0 Å². The maximum absolute atomic E-state index is 4.76. The van der Waals surface area contributed by atoms with Crippen molar-refractivity contribution in [3.05, 3.63) is 155 Å². The van der Waals surface area contributed by atoms with Gasteiger partial charge >= 0.3 is 0 Å². The van der Waals surface area contributed by atoms with Crippen LogP contribution in [0.5, 0.6) is 0 Å².